The minimum absolute atomic E-state index is 0.315. The predicted octanol–water partition coefficient (Wildman–Crippen LogP) is 1.54. The first-order chi connectivity index (χ1) is 9.17. The van der Waals surface area contributed by atoms with Crippen molar-refractivity contribution in [2.24, 2.45) is 5.16 Å². The van der Waals surface area contributed by atoms with Crippen molar-refractivity contribution < 1.29 is 24.6 Å². The first-order valence-corrected chi connectivity index (χ1v) is 5.62. The van der Waals surface area contributed by atoms with Crippen LogP contribution in [0.2, 0.25) is 0 Å². The Labute approximate surface area is 110 Å². The second-order valence-electron chi connectivity index (χ2n) is 3.59. The van der Waals surface area contributed by atoms with Crippen LogP contribution in [0.3, 0.4) is 0 Å². The number of ether oxygens (including phenoxy) is 2. The highest BCUT2D eigenvalue weighted by molar-refractivity contribution is 5.80. The lowest BCUT2D eigenvalue weighted by Gasteiger charge is -2.11. The van der Waals surface area contributed by atoms with Gasteiger partial charge < -0.3 is 25.1 Å². The van der Waals surface area contributed by atoms with Crippen molar-refractivity contribution in [2.75, 3.05) is 20.3 Å². The summed E-state index contributed by atoms with van der Waals surface area (Å²) in [7, 11) is 1.52. The SMILES string of the molecule is COc1ccc(C=NO)cc1OCCCNC(=O)O. The van der Waals surface area contributed by atoms with Crippen LogP contribution in [-0.2, 0) is 0 Å². The van der Waals surface area contributed by atoms with E-state index < -0.39 is 6.09 Å². The Morgan fingerprint density at radius 2 is 2.26 bits per heavy atom. The molecular formula is C12H16N2O5. The van der Waals surface area contributed by atoms with Crippen molar-refractivity contribution in [1.82, 2.24) is 5.32 Å². The molecule has 1 rings (SSSR count). The normalized spacial score (nSPS) is 10.4. The number of nitrogens with zero attached hydrogens (tertiary/aromatic N) is 1. The second kappa shape index (κ2) is 7.80. The van der Waals surface area contributed by atoms with E-state index in [2.05, 4.69) is 10.5 Å². The van der Waals surface area contributed by atoms with Gasteiger partial charge in [-0.2, -0.15) is 0 Å². The summed E-state index contributed by atoms with van der Waals surface area (Å²) in [6.07, 6.45) is 0.755. The molecule has 1 aromatic carbocycles. The van der Waals surface area contributed by atoms with Crippen LogP contribution in [0.1, 0.15) is 12.0 Å². The number of hydrogen-bond donors (Lipinski definition) is 3. The van der Waals surface area contributed by atoms with Gasteiger partial charge in [0, 0.05) is 12.1 Å². The van der Waals surface area contributed by atoms with Crippen LogP contribution in [-0.4, -0.2) is 42.9 Å². The molecule has 0 atom stereocenters. The molecule has 0 spiro atoms. The van der Waals surface area contributed by atoms with Gasteiger partial charge in [-0.05, 0) is 24.6 Å². The molecule has 0 aliphatic carbocycles. The summed E-state index contributed by atoms with van der Waals surface area (Å²) in [4.78, 5) is 10.2. The fraction of sp³-hybridized carbons (Fsp3) is 0.333. The highest BCUT2D eigenvalue weighted by Crippen LogP contribution is 2.27. The average molecular weight is 268 g/mol. The summed E-state index contributed by atoms with van der Waals surface area (Å²) in [6, 6.07) is 5.09. The molecule has 104 valence electrons. The average Bonchev–Trinajstić information content (AvgIpc) is 2.38. The Morgan fingerprint density at radius 3 is 2.89 bits per heavy atom. The number of nitrogens with one attached hydrogen (secondary N) is 1. The molecule has 0 saturated heterocycles. The third-order valence-electron chi connectivity index (χ3n) is 2.25. The first-order valence-electron chi connectivity index (χ1n) is 5.62. The number of methoxy groups -OCH3 is 1. The lowest BCUT2D eigenvalue weighted by molar-refractivity contribution is 0.193. The number of carboxylic acid groups (broad SMARTS) is 1. The van der Waals surface area contributed by atoms with Crippen molar-refractivity contribution in [3.8, 4) is 11.5 Å². The van der Waals surface area contributed by atoms with Crippen molar-refractivity contribution in [3.63, 3.8) is 0 Å². The standard InChI is InChI=1S/C12H16N2O5/c1-18-10-4-3-9(8-14-17)7-11(10)19-6-2-5-13-12(15)16/h3-4,7-8,13,17H,2,5-6H2,1H3,(H,15,16). The predicted molar refractivity (Wildman–Crippen MR) is 68.5 cm³/mol. The molecule has 0 aliphatic rings. The van der Waals surface area contributed by atoms with E-state index >= 15 is 0 Å². The fourth-order valence-electron chi connectivity index (χ4n) is 1.40. The van der Waals surface area contributed by atoms with Crippen LogP contribution >= 0.6 is 0 Å². The maximum Gasteiger partial charge on any atom is 0.404 e. The van der Waals surface area contributed by atoms with E-state index in [4.69, 9.17) is 19.8 Å². The molecule has 0 saturated carbocycles. The molecule has 0 fully saturated rings. The quantitative estimate of drug-likeness (QED) is 0.301. The van der Waals surface area contributed by atoms with E-state index in [1.165, 1.54) is 13.3 Å². The van der Waals surface area contributed by atoms with E-state index in [0.29, 0.717) is 36.6 Å². The van der Waals surface area contributed by atoms with Gasteiger partial charge in [0.15, 0.2) is 11.5 Å². The summed E-state index contributed by atoms with van der Waals surface area (Å²) >= 11 is 0. The van der Waals surface area contributed by atoms with E-state index in [1.54, 1.807) is 18.2 Å². The van der Waals surface area contributed by atoms with Gasteiger partial charge in [0.05, 0.1) is 19.9 Å². The van der Waals surface area contributed by atoms with E-state index in [-0.39, 0.29) is 0 Å². The van der Waals surface area contributed by atoms with Gasteiger partial charge in [0.25, 0.3) is 0 Å². The van der Waals surface area contributed by atoms with Crippen LogP contribution < -0.4 is 14.8 Å². The van der Waals surface area contributed by atoms with Gasteiger partial charge in [-0.3, -0.25) is 0 Å². The Kier molecular flexibility index (Phi) is 6.00. The number of amides is 1. The van der Waals surface area contributed by atoms with Crippen LogP contribution in [0.4, 0.5) is 4.79 Å². The highest BCUT2D eigenvalue weighted by Gasteiger charge is 2.05. The van der Waals surface area contributed by atoms with Crippen LogP contribution in [0.25, 0.3) is 0 Å². The Balaban J connectivity index is 2.55. The van der Waals surface area contributed by atoms with Gasteiger partial charge in [-0.15, -0.1) is 0 Å². The molecule has 1 amide bonds. The molecule has 0 heterocycles. The molecule has 19 heavy (non-hydrogen) atoms. The molecule has 7 heteroatoms. The molecule has 0 aromatic heterocycles. The molecule has 0 radical (unpaired) electrons. The molecular weight excluding hydrogens is 252 g/mol. The summed E-state index contributed by atoms with van der Waals surface area (Å²) < 4.78 is 10.6. The van der Waals surface area contributed by atoms with Gasteiger partial charge in [-0.25, -0.2) is 4.79 Å². The number of benzene rings is 1. The zero-order valence-electron chi connectivity index (χ0n) is 10.5. The maximum atomic E-state index is 10.2. The minimum Gasteiger partial charge on any atom is -0.493 e. The Hall–Kier alpha value is -2.44. The van der Waals surface area contributed by atoms with Gasteiger partial charge in [0.1, 0.15) is 0 Å². The molecule has 1 aromatic rings. The van der Waals surface area contributed by atoms with Crippen molar-refractivity contribution in [1.29, 1.82) is 0 Å². The van der Waals surface area contributed by atoms with Gasteiger partial charge in [-0.1, -0.05) is 5.16 Å². The van der Waals surface area contributed by atoms with E-state index in [0.717, 1.165) is 0 Å². The van der Waals surface area contributed by atoms with Crippen molar-refractivity contribution in [2.45, 2.75) is 6.42 Å². The third-order valence-corrected chi connectivity index (χ3v) is 2.25. The Bertz CT molecular complexity index is 448. The zero-order chi connectivity index (χ0) is 14.1. The van der Waals surface area contributed by atoms with E-state index in [9.17, 15) is 4.79 Å². The molecule has 0 bridgehead atoms. The molecule has 0 unspecified atom stereocenters. The third kappa shape index (κ3) is 5.15. The number of carbonyl (C=O) groups is 1. The Morgan fingerprint density at radius 1 is 1.47 bits per heavy atom. The van der Waals surface area contributed by atoms with Crippen LogP contribution in [0, 0.1) is 0 Å². The zero-order valence-corrected chi connectivity index (χ0v) is 10.5. The van der Waals surface area contributed by atoms with Gasteiger partial charge >= 0.3 is 6.09 Å². The first kappa shape index (κ1) is 14.6. The summed E-state index contributed by atoms with van der Waals surface area (Å²) in [6.45, 7) is 0.659. The molecule has 0 aliphatic heterocycles. The molecule has 7 nitrogen and oxygen atoms in total. The number of hydrogen-bond acceptors (Lipinski definition) is 5. The maximum absolute atomic E-state index is 10.2. The minimum atomic E-state index is -1.06. The lowest BCUT2D eigenvalue weighted by Crippen LogP contribution is -2.23. The van der Waals surface area contributed by atoms with Crippen LogP contribution in [0.15, 0.2) is 23.4 Å². The highest BCUT2D eigenvalue weighted by atomic mass is 16.5. The van der Waals surface area contributed by atoms with Crippen molar-refractivity contribution >= 4 is 12.3 Å². The van der Waals surface area contributed by atoms with Gasteiger partial charge in [0.2, 0.25) is 0 Å². The largest absolute Gasteiger partial charge is 0.493 e. The summed E-state index contributed by atoms with van der Waals surface area (Å²) in [5.41, 5.74) is 0.668. The van der Waals surface area contributed by atoms with Crippen LogP contribution in [0.5, 0.6) is 11.5 Å². The van der Waals surface area contributed by atoms with Crippen molar-refractivity contribution in [3.05, 3.63) is 23.8 Å². The second-order valence-corrected chi connectivity index (χ2v) is 3.59. The number of oxime groups is 1. The lowest BCUT2D eigenvalue weighted by atomic mass is 10.2. The topological polar surface area (TPSA) is 100 Å². The molecule has 3 N–H and O–H groups in total. The summed E-state index contributed by atoms with van der Waals surface area (Å²) in [5.74, 6) is 1.07. The summed E-state index contributed by atoms with van der Waals surface area (Å²) in [5, 5.41) is 22.0. The number of rotatable bonds is 7. The van der Waals surface area contributed by atoms with E-state index in [1.807, 2.05) is 0 Å². The monoisotopic (exact) mass is 268 g/mol. The smallest absolute Gasteiger partial charge is 0.404 e. The fourth-order valence-corrected chi connectivity index (χ4v) is 1.40.